The molecule has 0 saturated carbocycles. The molecule has 5 rings (SSSR count). The average molecular weight is 470 g/mol. The molecule has 1 atom stereocenters. The van der Waals surface area contributed by atoms with E-state index in [4.69, 9.17) is 0 Å². The lowest BCUT2D eigenvalue weighted by atomic mass is 9.87. The first-order chi connectivity index (χ1) is 17.2. The maximum Gasteiger partial charge on any atom is 0.220 e. The van der Waals surface area contributed by atoms with E-state index in [1.165, 1.54) is 24.5 Å². The zero-order valence-electron chi connectivity index (χ0n) is 20.0. The maximum absolute atomic E-state index is 15.0. The van der Waals surface area contributed by atoms with Crippen LogP contribution in [0.5, 0.6) is 0 Å². The third-order valence-electron chi connectivity index (χ3n) is 7.01. The van der Waals surface area contributed by atoms with Crippen molar-refractivity contribution in [3.63, 3.8) is 0 Å². The molecule has 5 heteroatoms. The molecule has 180 valence electrons. The number of para-hydroxylation sites is 1. The predicted octanol–water partition coefficient (Wildman–Crippen LogP) is 5.56. The number of nitrogens with one attached hydrogen (secondary N) is 1. The van der Waals surface area contributed by atoms with E-state index in [1.807, 2.05) is 36.4 Å². The quantitative estimate of drug-likeness (QED) is 0.348. The minimum atomic E-state index is -0.370. The molecule has 35 heavy (non-hydrogen) atoms. The Morgan fingerprint density at radius 1 is 0.886 bits per heavy atom. The molecule has 1 aliphatic heterocycles. The van der Waals surface area contributed by atoms with Crippen molar-refractivity contribution in [3.05, 3.63) is 108 Å². The Balaban J connectivity index is 1.45. The van der Waals surface area contributed by atoms with Crippen molar-refractivity contribution in [2.75, 3.05) is 26.2 Å². The van der Waals surface area contributed by atoms with Crippen LogP contribution in [0.25, 0.3) is 10.9 Å². The molecule has 1 saturated heterocycles. The summed E-state index contributed by atoms with van der Waals surface area (Å²) in [5, 5.41) is 4.14. The fourth-order valence-corrected chi connectivity index (χ4v) is 5.23. The van der Waals surface area contributed by atoms with E-state index in [2.05, 4.69) is 45.2 Å². The predicted molar refractivity (Wildman–Crippen MR) is 139 cm³/mol. The van der Waals surface area contributed by atoms with Gasteiger partial charge in [-0.3, -0.25) is 4.79 Å². The first kappa shape index (κ1) is 23.3. The first-order valence-electron chi connectivity index (χ1n) is 12.5. The summed E-state index contributed by atoms with van der Waals surface area (Å²) in [6.07, 6.45) is 4.78. The summed E-state index contributed by atoms with van der Waals surface area (Å²) in [5.74, 6) is -0.690. The van der Waals surface area contributed by atoms with Crippen molar-refractivity contribution in [2.45, 2.75) is 31.7 Å². The molecule has 0 unspecified atom stereocenters. The number of hydrogen-bond donors (Lipinski definition) is 1. The Kier molecular flexibility index (Phi) is 7.24. The van der Waals surface area contributed by atoms with E-state index in [-0.39, 0.29) is 24.1 Å². The fourth-order valence-electron chi connectivity index (χ4n) is 5.23. The van der Waals surface area contributed by atoms with Gasteiger partial charge in [0.05, 0.1) is 0 Å². The number of hydrogen-bond acceptors (Lipinski definition) is 2. The van der Waals surface area contributed by atoms with Gasteiger partial charge in [-0.1, -0.05) is 66.7 Å². The molecule has 1 N–H and O–H groups in total. The number of aromatic nitrogens is 1. The topological polar surface area (TPSA) is 37.3 Å². The second-order valence-electron chi connectivity index (χ2n) is 9.39. The van der Waals surface area contributed by atoms with Gasteiger partial charge in [0.25, 0.3) is 0 Å². The Morgan fingerprint density at radius 3 is 2.40 bits per heavy atom. The molecule has 1 amide bonds. The summed E-state index contributed by atoms with van der Waals surface area (Å²) in [6.45, 7) is 4.42. The van der Waals surface area contributed by atoms with Crippen LogP contribution >= 0.6 is 0 Å². The molecular formula is C30H32FN3O. The van der Waals surface area contributed by atoms with E-state index < -0.39 is 0 Å². The van der Waals surface area contributed by atoms with E-state index in [1.54, 1.807) is 12.1 Å². The van der Waals surface area contributed by atoms with Crippen molar-refractivity contribution in [2.24, 2.45) is 0 Å². The molecule has 1 aliphatic rings. The number of carbonyl (C=O) groups excluding carboxylic acids is 1. The third-order valence-corrected chi connectivity index (χ3v) is 7.01. The molecule has 0 aliphatic carbocycles. The molecule has 4 aromatic rings. The van der Waals surface area contributed by atoms with Crippen LogP contribution in [0.3, 0.4) is 0 Å². The lowest BCUT2D eigenvalue weighted by Gasteiger charge is -2.19. The average Bonchev–Trinajstić information content (AvgIpc) is 3.52. The summed E-state index contributed by atoms with van der Waals surface area (Å²) < 4.78 is 17.2. The SMILES string of the molecule is O=C(C[C@H](c1ccccc1F)c1cn(Cc2ccccc2)c2ccccc12)NCCN1CCCC1. The summed E-state index contributed by atoms with van der Waals surface area (Å²) in [5.41, 5.74) is 3.82. The smallest absolute Gasteiger partial charge is 0.220 e. The molecule has 0 spiro atoms. The number of nitrogens with zero attached hydrogens (tertiary/aromatic N) is 2. The van der Waals surface area contributed by atoms with Crippen molar-refractivity contribution in [3.8, 4) is 0 Å². The van der Waals surface area contributed by atoms with Crippen LogP contribution in [0, 0.1) is 5.82 Å². The second-order valence-corrected chi connectivity index (χ2v) is 9.39. The first-order valence-corrected chi connectivity index (χ1v) is 12.5. The molecule has 3 aromatic carbocycles. The zero-order valence-corrected chi connectivity index (χ0v) is 20.0. The standard InChI is InChI=1S/C30H32FN3O/c31-28-14-6-4-12-24(28)26(20-30(35)32-16-19-33-17-8-9-18-33)27-22-34(21-23-10-2-1-3-11-23)29-15-7-5-13-25(27)29/h1-7,10-15,22,26H,8-9,16-21H2,(H,32,35)/t26-/m1/s1. The highest BCUT2D eigenvalue weighted by Gasteiger charge is 2.25. The largest absolute Gasteiger partial charge is 0.355 e. The third kappa shape index (κ3) is 5.46. The normalized spacial score (nSPS) is 14.9. The van der Waals surface area contributed by atoms with E-state index in [0.717, 1.165) is 36.1 Å². The van der Waals surface area contributed by atoms with E-state index in [0.29, 0.717) is 18.7 Å². The molecule has 1 aromatic heterocycles. The number of carbonyl (C=O) groups is 1. The van der Waals surface area contributed by atoms with Gasteiger partial charge in [-0.2, -0.15) is 0 Å². The number of amides is 1. The second kappa shape index (κ2) is 10.9. The monoisotopic (exact) mass is 469 g/mol. The Labute approximate surface area is 206 Å². The van der Waals surface area contributed by atoms with Crippen molar-refractivity contribution >= 4 is 16.8 Å². The number of rotatable bonds is 9. The van der Waals surface area contributed by atoms with E-state index >= 15 is 4.39 Å². The van der Waals surface area contributed by atoms with Crippen molar-refractivity contribution in [1.29, 1.82) is 0 Å². The molecule has 0 bridgehead atoms. The Bertz CT molecular complexity index is 1280. The lowest BCUT2D eigenvalue weighted by molar-refractivity contribution is -0.121. The Morgan fingerprint density at radius 2 is 1.60 bits per heavy atom. The van der Waals surface area contributed by atoms with E-state index in [9.17, 15) is 4.79 Å². The van der Waals surface area contributed by atoms with Crippen LogP contribution in [0.1, 0.15) is 41.9 Å². The highest BCUT2D eigenvalue weighted by molar-refractivity contribution is 5.86. The summed E-state index contributed by atoms with van der Waals surface area (Å²) in [7, 11) is 0. The van der Waals surface area contributed by atoms with Gasteiger partial charge in [-0.25, -0.2) is 4.39 Å². The van der Waals surface area contributed by atoms with Crippen LogP contribution in [0.4, 0.5) is 4.39 Å². The van der Waals surface area contributed by atoms with Gasteiger partial charge in [-0.15, -0.1) is 0 Å². The molecule has 0 radical (unpaired) electrons. The minimum absolute atomic E-state index is 0.0441. The van der Waals surface area contributed by atoms with Crippen LogP contribution in [0.15, 0.2) is 85.1 Å². The van der Waals surface area contributed by atoms with Gasteiger partial charge < -0.3 is 14.8 Å². The highest BCUT2D eigenvalue weighted by Crippen LogP contribution is 2.36. The highest BCUT2D eigenvalue weighted by atomic mass is 19.1. The van der Waals surface area contributed by atoms with Crippen molar-refractivity contribution in [1.82, 2.24) is 14.8 Å². The molecule has 1 fully saturated rings. The van der Waals surface area contributed by atoms with Gasteiger partial charge in [-0.05, 0) is 54.8 Å². The number of halogens is 1. The van der Waals surface area contributed by atoms with Gasteiger partial charge in [0.2, 0.25) is 5.91 Å². The number of likely N-dealkylation sites (tertiary alicyclic amines) is 1. The molecule has 4 nitrogen and oxygen atoms in total. The summed E-state index contributed by atoms with van der Waals surface area (Å²) in [4.78, 5) is 15.4. The van der Waals surface area contributed by atoms with Gasteiger partial charge in [0.1, 0.15) is 5.82 Å². The zero-order chi connectivity index (χ0) is 24.0. The van der Waals surface area contributed by atoms with Crippen LogP contribution in [0.2, 0.25) is 0 Å². The van der Waals surface area contributed by atoms with Crippen molar-refractivity contribution < 1.29 is 9.18 Å². The minimum Gasteiger partial charge on any atom is -0.355 e. The Hall–Kier alpha value is -3.44. The lowest BCUT2D eigenvalue weighted by Crippen LogP contribution is -2.34. The van der Waals surface area contributed by atoms with Gasteiger partial charge in [0.15, 0.2) is 0 Å². The van der Waals surface area contributed by atoms with Crippen LogP contribution < -0.4 is 5.32 Å². The summed E-state index contributed by atoms with van der Waals surface area (Å²) >= 11 is 0. The molecule has 2 heterocycles. The van der Waals surface area contributed by atoms with Crippen LogP contribution in [-0.2, 0) is 11.3 Å². The van der Waals surface area contributed by atoms with Gasteiger partial charge in [0, 0.05) is 49.1 Å². The number of benzene rings is 3. The fraction of sp³-hybridized carbons (Fsp3) is 0.300. The van der Waals surface area contributed by atoms with Crippen LogP contribution in [-0.4, -0.2) is 41.6 Å². The number of fused-ring (bicyclic) bond motifs is 1. The molecular weight excluding hydrogens is 437 g/mol. The van der Waals surface area contributed by atoms with Gasteiger partial charge >= 0.3 is 0 Å². The maximum atomic E-state index is 15.0. The summed E-state index contributed by atoms with van der Waals surface area (Å²) in [6, 6.07) is 25.3.